The molecular weight excluding hydrogens is 244 g/mol. The number of hydrogen-bond donors (Lipinski definition) is 1. The van der Waals surface area contributed by atoms with Gasteiger partial charge >= 0.3 is 5.97 Å². The Hall–Kier alpha value is -1.10. The van der Waals surface area contributed by atoms with Gasteiger partial charge in [-0.1, -0.05) is 12.8 Å². The second kappa shape index (κ2) is 8.15. The molecule has 0 saturated carbocycles. The predicted octanol–water partition coefficient (Wildman–Crippen LogP) is 1.32. The van der Waals surface area contributed by atoms with Gasteiger partial charge in [-0.15, -0.1) is 0 Å². The van der Waals surface area contributed by atoms with E-state index < -0.39 is 6.04 Å². The van der Waals surface area contributed by atoms with Gasteiger partial charge in [-0.25, -0.2) is 0 Å². The molecule has 0 aliphatic carbocycles. The molecule has 1 heterocycles. The summed E-state index contributed by atoms with van der Waals surface area (Å²) in [5.74, 6) is -0.226. The molecule has 110 valence electrons. The maximum atomic E-state index is 12.3. The molecule has 1 fully saturated rings. The van der Waals surface area contributed by atoms with Gasteiger partial charge in [0.25, 0.3) is 0 Å². The third-order valence-electron chi connectivity index (χ3n) is 3.43. The molecule has 0 bridgehead atoms. The number of ether oxygens (including phenoxy) is 1. The normalized spacial score (nSPS) is 19.4. The number of nitrogens with one attached hydrogen (secondary N) is 1. The zero-order chi connectivity index (χ0) is 14.3. The van der Waals surface area contributed by atoms with E-state index in [4.69, 9.17) is 4.74 Å². The van der Waals surface area contributed by atoms with Crippen LogP contribution in [0.15, 0.2) is 0 Å². The molecule has 1 aliphatic rings. The highest BCUT2D eigenvalue weighted by molar-refractivity contribution is 5.83. The highest BCUT2D eigenvalue weighted by atomic mass is 16.5. The minimum atomic E-state index is -0.453. The highest BCUT2D eigenvalue weighted by Gasteiger charge is 2.24. The molecule has 0 aromatic rings. The minimum absolute atomic E-state index is 0.0815. The standard InChI is InChI=1S/C14H26N2O3/c1-4-19-14(18)12(3)15-11(2)13(17)16-9-7-5-6-8-10-16/h11-12,15H,4-10H2,1-3H3. The van der Waals surface area contributed by atoms with Crippen LogP contribution in [0.1, 0.15) is 46.5 Å². The van der Waals surface area contributed by atoms with Crippen molar-refractivity contribution in [1.82, 2.24) is 10.2 Å². The van der Waals surface area contributed by atoms with E-state index in [0.717, 1.165) is 25.9 Å². The Labute approximate surface area is 115 Å². The predicted molar refractivity (Wildman–Crippen MR) is 73.7 cm³/mol. The van der Waals surface area contributed by atoms with E-state index >= 15 is 0 Å². The number of hydrogen-bond acceptors (Lipinski definition) is 4. The summed E-state index contributed by atoms with van der Waals surface area (Å²) in [5, 5.41) is 3.02. The zero-order valence-corrected chi connectivity index (χ0v) is 12.3. The lowest BCUT2D eigenvalue weighted by Gasteiger charge is -2.26. The summed E-state index contributed by atoms with van der Waals surface area (Å²) in [7, 11) is 0. The Balaban J connectivity index is 2.44. The van der Waals surface area contributed by atoms with Crippen LogP contribution in [-0.4, -0.2) is 48.6 Å². The number of rotatable bonds is 5. The summed E-state index contributed by atoms with van der Waals surface area (Å²) in [6.45, 7) is 7.33. The van der Waals surface area contributed by atoms with E-state index in [-0.39, 0.29) is 17.9 Å². The van der Waals surface area contributed by atoms with E-state index in [1.165, 1.54) is 12.8 Å². The Bertz CT molecular complexity index is 299. The van der Waals surface area contributed by atoms with Crippen molar-refractivity contribution in [2.24, 2.45) is 0 Å². The van der Waals surface area contributed by atoms with E-state index in [2.05, 4.69) is 5.32 Å². The third-order valence-corrected chi connectivity index (χ3v) is 3.43. The summed E-state index contributed by atoms with van der Waals surface area (Å²) < 4.78 is 4.92. The van der Waals surface area contributed by atoms with Crippen LogP contribution in [0.2, 0.25) is 0 Å². The van der Waals surface area contributed by atoms with Gasteiger partial charge in [-0.3, -0.25) is 14.9 Å². The van der Waals surface area contributed by atoms with Crippen molar-refractivity contribution in [3.05, 3.63) is 0 Å². The molecule has 5 heteroatoms. The lowest BCUT2D eigenvalue weighted by Crippen LogP contribution is -2.50. The number of carbonyl (C=O) groups is 2. The van der Waals surface area contributed by atoms with Crippen molar-refractivity contribution in [1.29, 1.82) is 0 Å². The van der Waals surface area contributed by atoms with Crippen LogP contribution >= 0.6 is 0 Å². The molecule has 1 aliphatic heterocycles. The van der Waals surface area contributed by atoms with Crippen molar-refractivity contribution in [3.63, 3.8) is 0 Å². The molecule has 1 rings (SSSR count). The fraction of sp³-hybridized carbons (Fsp3) is 0.857. The van der Waals surface area contributed by atoms with Crippen LogP contribution in [0.5, 0.6) is 0 Å². The molecule has 2 unspecified atom stereocenters. The summed E-state index contributed by atoms with van der Waals surface area (Å²) in [6.07, 6.45) is 4.55. The highest BCUT2D eigenvalue weighted by Crippen LogP contribution is 2.11. The molecule has 1 saturated heterocycles. The lowest BCUT2D eigenvalue weighted by atomic mass is 10.2. The van der Waals surface area contributed by atoms with Crippen molar-refractivity contribution in [2.45, 2.75) is 58.5 Å². The molecule has 0 aromatic heterocycles. The first-order valence-corrected chi connectivity index (χ1v) is 7.27. The average Bonchev–Trinajstić information content (AvgIpc) is 2.66. The molecule has 0 radical (unpaired) electrons. The third kappa shape index (κ3) is 5.19. The van der Waals surface area contributed by atoms with Gasteiger partial charge in [0.05, 0.1) is 12.6 Å². The summed E-state index contributed by atoms with van der Waals surface area (Å²) in [6, 6.07) is -0.802. The van der Waals surface area contributed by atoms with Crippen LogP contribution < -0.4 is 5.32 Å². The van der Waals surface area contributed by atoms with Crippen molar-refractivity contribution < 1.29 is 14.3 Å². The van der Waals surface area contributed by atoms with Crippen LogP contribution in [0.3, 0.4) is 0 Å². The monoisotopic (exact) mass is 270 g/mol. The molecule has 0 spiro atoms. The largest absolute Gasteiger partial charge is 0.465 e. The average molecular weight is 270 g/mol. The van der Waals surface area contributed by atoms with Gasteiger partial charge < -0.3 is 9.64 Å². The topological polar surface area (TPSA) is 58.6 Å². The van der Waals surface area contributed by atoms with Crippen LogP contribution in [0, 0.1) is 0 Å². The van der Waals surface area contributed by atoms with Gasteiger partial charge in [0.1, 0.15) is 6.04 Å². The van der Waals surface area contributed by atoms with Crippen molar-refractivity contribution in [3.8, 4) is 0 Å². The molecule has 1 amide bonds. The van der Waals surface area contributed by atoms with E-state index in [0.29, 0.717) is 6.61 Å². The summed E-state index contributed by atoms with van der Waals surface area (Å²) in [5.41, 5.74) is 0. The van der Waals surface area contributed by atoms with Crippen LogP contribution in [0.25, 0.3) is 0 Å². The Morgan fingerprint density at radius 3 is 2.21 bits per heavy atom. The molecule has 19 heavy (non-hydrogen) atoms. The van der Waals surface area contributed by atoms with Crippen LogP contribution in [0.4, 0.5) is 0 Å². The zero-order valence-electron chi connectivity index (χ0n) is 12.3. The fourth-order valence-electron chi connectivity index (χ4n) is 2.35. The van der Waals surface area contributed by atoms with E-state index in [1.54, 1.807) is 13.8 Å². The first-order valence-electron chi connectivity index (χ1n) is 7.27. The number of amides is 1. The first kappa shape index (κ1) is 16.0. The number of likely N-dealkylation sites (tertiary alicyclic amines) is 1. The quantitative estimate of drug-likeness (QED) is 0.765. The number of carbonyl (C=O) groups excluding carboxylic acids is 2. The van der Waals surface area contributed by atoms with Gasteiger partial charge in [0.2, 0.25) is 5.91 Å². The molecule has 0 aromatic carbocycles. The Kier molecular flexibility index (Phi) is 6.84. The minimum Gasteiger partial charge on any atom is -0.465 e. The smallest absolute Gasteiger partial charge is 0.322 e. The Morgan fingerprint density at radius 2 is 1.68 bits per heavy atom. The SMILES string of the molecule is CCOC(=O)C(C)NC(C)C(=O)N1CCCCCC1. The second-order valence-corrected chi connectivity index (χ2v) is 5.10. The maximum absolute atomic E-state index is 12.3. The van der Waals surface area contributed by atoms with E-state index in [9.17, 15) is 9.59 Å². The number of esters is 1. The summed E-state index contributed by atoms with van der Waals surface area (Å²) >= 11 is 0. The van der Waals surface area contributed by atoms with Gasteiger partial charge in [-0.2, -0.15) is 0 Å². The lowest BCUT2D eigenvalue weighted by molar-refractivity contribution is -0.145. The second-order valence-electron chi connectivity index (χ2n) is 5.10. The van der Waals surface area contributed by atoms with Gasteiger partial charge in [0, 0.05) is 13.1 Å². The van der Waals surface area contributed by atoms with Crippen LogP contribution in [-0.2, 0) is 14.3 Å². The molecule has 5 nitrogen and oxygen atoms in total. The maximum Gasteiger partial charge on any atom is 0.322 e. The van der Waals surface area contributed by atoms with E-state index in [1.807, 2.05) is 11.8 Å². The van der Waals surface area contributed by atoms with Crippen molar-refractivity contribution >= 4 is 11.9 Å². The Morgan fingerprint density at radius 1 is 1.11 bits per heavy atom. The fourth-order valence-corrected chi connectivity index (χ4v) is 2.35. The summed E-state index contributed by atoms with van der Waals surface area (Å²) in [4.78, 5) is 25.7. The van der Waals surface area contributed by atoms with Gasteiger partial charge in [-0.05, 0) is 33.6 Å². The van der Waals surface area contributed by atoms with Crippen molar-refractivity contribution in [2.75, 3.05) is 19.7 Å². The van der Waals surface area contributed by atoms with Gasteiger partial charge in [0.15, 0.2) is 0 Å². The number of nitrogens with zero attached hydrogens (tertiary/aromatic N) is 1. The molecular formula is C14H26N2O3. The molecule has 2 atom stereocenters. The molecule has 1 N–H and O–H groups in total. The first-order chi connectivity index (χ1) is 9.06.